The highest BCUT2D eigenvalue weighted by Gasteiger charge is 2.17. The van der Waals surface area contributed by atoms with Crippen LogP contribution >= 0.6 is 0 Å². The highest BCUT2D eigenvalue weighted by atomic mass is 16.5. The predicted octanol–water partition coefficient (Wildman–Crippen LogP) is 3.50. The Balaban J connectivity index is 1.96. The van der Waals surface area contributed by atoms with Gasteiger partial charge < -0.3 is 24.3 Å². The van der Waals surface area contributed by atoms with Crippen molar-refractivity contribution in [3.63, 3.8) is 0 Å². The first-order valence-electron chi connectivity index (χ1n) is 9.93. The normalized spacial score (nSPS) is 11.5. The first-order valence-corrected chi connectivity index (χ1v) is 9.93. The van der Waals surface area contributed by atoms with Crippen LogP contribution in [0, 0.1) is 6.92 Å². The number of aliphatic imine (C=N–C) groups is 1. The van der Waals surface area contributed by atoms with E-state index in [9.17, 15) is 4.79 Å². The summed E-state index contributed by atoms with van der Waals surface area (Å²) in [6, 6.07) is 9.76. The molecule has 0 unspecified atom stereocenters. The maximum atomic E-state index is 12.8. The Labute approximate surface area is 182 Å². The van der Waals surface area contributed by atoms with Crippen molar-refractivity contribution >= 4 is 28.4 Å². The van der Waals surface area contributed by atoms with E-state index in [-0.39, 0.29) is 5.56 Å². The standard InChI is InChI=1S/C23H29N5O3/c1-14-20-18(12-19(30-6)21(14)31-7)25-23(26-22(20)29)28(5)13-16-9-8-10-17(11-16)24-15(2)27(3)4/h8-12H,13H2,1-7H3,(H,25,26,29). The molecule has 0 radical (unpaired) electrons. The summed E-state index contributed by atoms with van der Waals surface area (Å²) in [6.45, 7) is 4.35. The molecule has 0 atom stereocenters. The number of fused-ring (bicyclic) bond motifs is 1. The minimum absolute atomic E-state index is 0.311. The van der Waals surface area contributed by atoms with Gasteiger partial charge in [0.05, 0.1) is 30.8 Å². The highest BCUT2D eigenvalue weighted by Crippen LogP contribution is 2.35. The fourth-order valence-corrected chi connectivity index (χ4v) is 3.39. The van der Waals surface area contributed by atoms with Crippen molar-refractivity contribution in [2.24, 2.45) is 4.99 Å². The van der Waals surface area contributed by atoms with Gasteiger partial charge in [0.25, 0.3) is 5.56 Å². The largest absolute Gasteiger partial charge is 0.493 e. The molecular weight excluding hydrogens is 394 g/mol. The minimum Gasteiger partial charge on any atom is -0.493 e. The van der Waals surface area contributed by atoms with Gasteiger partial charge in [0.1, 0.15) is 5.84 Å². The van der Waals surface area contributed by atoms with Gasteiger partial charge in [0.2, 0.25) is 5.95 Å². The molecule has 0 saturated heterocycles. The zero-order valence-corrected chi connectivity index (χ0v) is 19.1. The summed E-state index contributed by atoms with van der Waals surface area (Å²) in [5.74, 6) is 2.49. The van der Waals surface area contributed by atoms with Crippen LogP contribution < -0.4 is 19.9 Å². The van der Waals surface area contributed by atoms with Crippen LogP contribution in [0.1, 0.15) is 18.1 Å². The topological polar surface area (TPSA) is 83.0 Å². The lowest BCUT2D eigenvalue weighted by Gasteiger charge is -2.19. The third-order valence-electron chi connectivity index (χ3n) is 5.21. The first kappa shape index (κ1) is 22.1. The van der Waals surface area contributed by atoms with Gasteiger partial charge in [-0.3, -0.25) is 4.79 Å². The van der Waals surface area contributed by atoms with Gasteiger partial charge in [-0.15, -0.1) is 0 Å². The van der Waals surface area contributed by atoms with Crippen molar-refractivity contribution in [3.8, 4) is 11.5 Å². The summed E-state index contributed by atoms with van der Waals surface area (Å²) in [6.07, 6.45) is 0. The number of aryl methyl sites for hydroxylation is 1. The summed E-state index contributed by atoms with van der Waals surface area (Å²) >= 11 is 0. The zero-order chi connectivity index (χ0) is 22.7. The average Bonchev–Trinajstić information content (AvgIpc) is 2.73. The van der Waals surface area contributed by atoms with Gasteiger partial charge in [-0.25, -0.2) is 4.99 Å². The van der Waals surface area contributed by atoms with E-state index in [0.29, 0.717) is 40.5 Å². The second-order valence-electron chi connectivity index (χ2n) is 7.60. The minimum atomic E-state index is -0.311. The molecular formula is C23H29N5O3. The van der Waals surface area contributed by atoms with E-state index in [0.717, 1.165) is 17.1 Å². The first-order chi connectivity index (χ1) is 14.7. The van der Waals surface area contributed by atoms with Crippen LogP contribution in [0.5, 0.6) is 11.5 Å². The van der Waals surface area contributed by atoms with Crippen LogP contribution in [-0.2, 0) is 6.54 Å². The van der Waals surface area contributed by atoms with E-state index >= 15 is 0 Å². The number of H-pyrrole nitrogens is 1. The molecule has 8 nitrogen and oxygen atoms in total. The van der Waals surface area contributed by atoms with Crippen LogP contribution in [0.3, 0.4) is 0 Å². The maximum absolute atomic E-state index is 12.8. The summed E-state index contributed by atoms with van der Waals surface area (Å²) in [7, 11) is 8.94. The number of ether oxygens (including phenoxy) is 2. The molecule has 3 aromatic rings. The number of methoxy groups -OCH3 is 2. The zero-order valence-electron chi connectivity index (χ0n) is 19.1. The van der Waals surface area contributed by atoms with E-state index in [4.69, 9.17) is 9.47 Å². The molecule has 2 aromatic carbocycles. The quantitative estimate of drug-likeness (QED) is 0.483. The Morgan fingerprint density at radius 1 is 1.16 bits per heavy atom. The van der Waals surface area contributed by atoms with E-state index < -0.39 is 0 Å². The average molecular weight is 424 g/mol. The number of rotatable bonds is 6. The Hall–Kier alpha value is -3.55. The van der Waals surface area contributed by atoms with Gasteiger partial charge in [-0.2, -0.15) is 4.98 Å². The van der Waals surface area contributed by atoms with Crippen molar-refractivity contribution in [3.05, 3.63) is 51.8 Å². The SMILES string of the molecule is COc1cc2[nH]c(N(C)Cc3cccc(N=C(C)N(C)C)c3)nc(=O)c2c(C)c1OC. The van der Waals surface area contributed by atoms with Crippen LogP contribution in [0.4, 0.5) is 11.6 Å². The van der Waals surface area contributed by atoms with Crippen molar-refractivity contribution in [2.45, 2.75) is 20.4 Å². The molecule has 1 aromatic heterocycles. The van der Waals surface area contributed by atoms with E-state index in [1.54, 1.807) is 20.3 Å². The van der Waals surface area contributed by atoms with Crippen LogP contribution in [0.15, 0.2) is 40.1 Å². The number of amidine groups is 1. The third kappa shape index (κ3) is 4.63. The summed E-state index contributed by atoms with van der Waals surface area (Å²) < 4.78 is 10.8. The molecule has 0 aliphatic carbocycles. The second-order valence-corrected chi connectivity index (χ2v) is 7.60. The Bertz CT molecular complexity index is 1180. The Morgan fingerprint density at radius 2 is 1.90 bits per heavy atom. The molecule has 0 bridgehead atoms. The molecule has 8 heteroatoms. The third-order valence-corrected chi connectivity index (χ3v) is 5.21. The maximum Gasteiger partial charge on any atom is 0.282 e. The van der Waals surface area contributed by atoms with Gasteiger partial charge in [-0.05, 0) is 31.5 Å². The van der Waals surface area contributed by atoms with Crippen molar-refractivity contribution < 1.29 is 9.47 Å². The molecule has 0 fully saturated rings. The monoisotopic (exact) mass is 423 g/mol. The van der Waals surface area contributed by atoms with Crippen LogP contribution in [-0.4, -0.2) is 56.1 Å². The molecule has 0 saturated carbocycles. The molecule has 1 heterocycles. The number of nitrogens with zero attached hydrogens (tertiary/aromatic N) is 4. The highest BCUT2D eigenvalue weighted by molar-refractivity contribution is 5.87. The van der Waals surface area contributed by atoms with E-state index in [1.165, 1.54) is 0 Å². The van der Waals surface area contributed by atoms with Crippen molar-refractivity contribution in [1.29, 1.82) is 0 Å². The lowest BCUT2D eigenvalue weighted by molar-refractivity contribution is 0.354. The Kier molecular flexibility index (Phi) is 6.48. The predicted molar refractivity (Wildman–Crippen MR) is 125 cm³/mol. The van der Waals surface area contributed by atoms with Crippen LogP contribution in [0.2, 0.25) is 0 Å². The number of benzene rings is 2. The van der Waals surface area contributed by atoms with Crippen molar-refractivity contribution in [1.82, 2.24) is 14.9 Å². The molecule has 3 rings (SSSR count). The summed E-state index contributed by atoms with van der Waals surface area (Å²) in [5, 5.41) is 0.491. The second kappa shape index (κ2) is 9.07. The van der Waals surface area contributed by atoms with Gasteiger partial charge in [0.15, 0.2) is 11.5 Å². The lowest BCUT2D eigenvalue weighted by Crippen LogP contribution is -2.23. The van der Waals surface area contributed by atoms with Gasteiger partial charge in [-0.1, -0.05) is 12.1 Å². The number of nitrogens with one attached hydrogen (secondary N) is 1. The summed E-state index contributed by atoms with van der Waals surface area (Å²) in [4.78, 5) is 28.8. The van der Waals surface area contributed by atoms with Crippen molar-refractivity contribution in [2.75, 3.05) is 40.3 Å². The number of aromatic amines is 1. The van der Waals surface area contributed by atoms with Gasteiger partial charge >= 0.3 is 0 Å². The lowest BCUT2D eigenvalue weighted by atomic mass is 10.1. The summed E-state index contributed by atoms with van der Waals surface area (Å²) in [5.41, 5.74) is 2.97. The number of hydrogen-bond donors (Lipinski definition) is 1. The van der Waals surface area contributed by atoms with E-state index in [1.807, 2.05) is 69.1 Å². The fraction of sp³-hybridized carbons (Fsp3) is 0.348. The number of anilines is 1. The molecule has 1 N–H and O–H groups in total. The molecule has 0 amide bonds. The number of hydrogen-bond acceptors (Lipinski definition) is 6. The fourth-order valence-electron chi connectivity index (χ4n) is 3.39. The molecule has 0 aliphatic rings. The molecule has 0 aliphatic heterocycles. The smallest absolute Gasteiger partial charge is 0.282 e. The van der Waals surface area contributed by atoms with Gasteiger partial charge in [0, 0.05) is 39.3 Å². The van der Waals surface area contributed by atoms with E-state index in [2.05, 4.69) is 15.0 Å². The van der Waals surface area contributed by atoms with Crippen LogP contribution in [0.25, 0.3) is 10.9 Å². The number of aromatic nitrogens is 2. The Morgan fingerprint density at radius 3 is 2.55 bits per heavy atom. The molecule has 31 heavy (non-hydrogen) atoms. The molecule has 164 valence electrons. The molecule has 0 spiro atoms.